The molecule has 0 fully saturated rings. The number of allylic oxidation sites excluding steroid dienone is 4. The van der Waals surface area contributed by atoms with Gasteiger partial charge in [0.2, 0.25) is 0 Å². The first kappa shape index (κ1) is 17.5. The van der Waals surface area contributed by atoms with E-state index in [1.807, 2.05) is 20.8 Å². The van der Waals surface area contributed by atoms with Crippen molar-refractivity contribution < 1.29 is 8.78 Å². The molecule has 0 aromatic carbocycles. The Bertz CT molecular complexity index is 239. The smallest absolute Gasteiger partial charge is 0.119 e. The van der Waals surface area contributed by atoms with Gasteiger partial charge in [-0.3, -0.25) is 0 Å². The van der Waals surface area contributed by atoms with E-state index >= 15 is 0 Å². The Kier molecular flexibility index (Phi) is 11.6. The van der Waals surface area contributed by atoms with Crippen molar-refractivity contribution in [3.05, 3.63) is 36.5 Å². The molecule has 0 bridgehead atoms. The van der Waals surface area contributed by atoms with E-state index in [-0.39, 0.29) is 0 Å². The van der Waals surface area contributed by atoms with Crippen molar-refractivity contribution in [3.63, 3.8) is 0 Å². The van der Waals surface area contributed by atoms with Crippen molar-refractivity contribution in [2.45, 2.75) is 47.0 Å². The first-order valence-electron chi connectivity index (χ1n) is 5.87. The van der Waals surface area contributed by atoms with Crippen LogP contribution in [0.1, 0.15) is 47.0 Å². The topological polar surface area (TPSA) is 0 Å². The number of hydrogen-bond acceptors (Lipinski definition) is 0. The molecule has 0 aromatic heterocycles. The molecule has 1 unspecified atom stereocenters. The van der Waals surface area contributed by atoms with Crippen molar-refractivity contribution in [2.75, 3.05) is 0 Å². The minimum absolute atomic E-state index is 0.318. The zero-order chi connectivity index (χ0) is 13.1. The Morgan fingerprint density at radius 1 is 1.25 bits per heavy atom. The highest BCUT2D eigenvalue weighted by Gasteiger charge is 2.08. The fourth-order valence-electron chi connectivity index (χ4n) is 1.41. The second-order valence-electron chi connectivity index (χ2n) is 3.62. The van der Waals surface area contributed by atoms with E-state index < -0.39 is 11.7 Å². The lowest BCUT2D eigenvalue weighted by atomic mass is 9.96. The summed E-state index contributed by atoms with van der Waals surface area (Å²) in [6.45, 7) is 14.3. The van der Waals surface area contributed by atoms with Gasteiger partial charge in [-0.2, -0.15) is 0 Å². The summed E-state index contributed by atoms with van der Waals surface area (Å²) in [5, 5.41) is 0. The molecular formula is C14H24F2. The van der Waals surface area contributed by atoms with E-state index in [9.17, 15) is 8.78 Å². The monoisotopic (exact) mass is 230 g/mol. The van der Waals surface area contributed by atoms with Crippen molar-refractivity contribution in [2.24, 2.45) is 5.92 Å². The van der Waals surface area contributed by atoms with Gasteiger partial charge in [0, 0.05) is 0 Å². The lowest BCUT2D eigenvalue weighted by molar-refractivity contribution is 0.506. The molecule has 0 aliphatic carbocycles. The number of halogens is 2. The summed E-state index contributed by atoms with van der Waals surface area (Å²) in [5.41, 5.74) is 0.318. The van der Waals surface area contributed by atoms with Crippen LogP contribution in [0, 0.1) is 5.92 Å². The van der Waals surface area contributed by atoms with Crippen LogP contribution in [0.4, 0.5) is 8.78 Å². The third-order valence-corrected chi connectivity index (χ3v) is 2.03. The lowest BCUT2D eigenvalue weighted by Gasteiger charge is -2.11. The molecule has 0 spiro atoms. The molecule has 0 rings (SSSR count). The van der Waals surface area contributed by atoms with Crippen molar-refractivity contribution in [1.82, 2.24) is 0 Å². The molecule has 0 radical (unpaired) electrons. The predicted molar refractivity (Wildman–Crippen MR) is 68.6 cm³/mol. The Morgan fingerprint density at radius 3 is 2.06 bits per heavy atom. The Labute approximate surface area is 98.8 Å². The van der Waals surface area contributed by atoms with Gasteiger partial charge in [0.15, 0.2) is 0 Å². The Morgan fingerprint density at radius 2 is 1.75 bits per heavy atom. The van der Waals surface area contributed by atoms with Crippen molar-refractivity contribution in [3.8, 4) is 0 Å². The maximum Gasteiger partial charge on any atom is 0.119 e. The second-order valence-corrected chi connectivity index (χ2v) is 3.62. The molecule has 0 saturated carbocycles. The summed E-state index contributed by atoms with van der Waals surface area (Å²) in [4.78, 5) is 0. The highest BCUT2D eigenvalue weighted by Crippen LogP contribution is 2.23. The molecule has 0 N–H and O–H groups in total. The van der Waals surface area contributed by atoms with Gasteiger partial charge < -0.3 is 0 Å². The third-order valence-electron chi connectivity index (χ3n) is 2.03. The quantitative estimate of drug-likeness (QED) is 0.511. The summed E-state index contributed by atoms with van der Waals surface area (Å²) in [7, 11) is 0. The third kappa shape index (κ3) is 9.63. The zero-order valence-electron chi connectivity index (χ0n) is 10.9. The van der Waals surface area contributed by atoms with Gasteiger partial charge in [0.1, 0.15) is 11.7 Å². The lowest BCUT2D eigenvalue weighted by Crippen LogP contribution is -1.97. The van der Waals surface area contributed by atoms with Crippen molar-refractivity contribution in [1.29, 1.82) is 0 Å². The average molecular weight is 230 g/mol. The molecule has 0 aromatic rings. The maximum absolute atomic E-state index is 12.9. The zero-order valence-corrected chi connectivity index (χ0v) is 10.9. The highest BCUT2D eigenvalue weighted by atomic mass is 19.1. The molecule has 94 valence electrons. The van der Waals surface area contributed by atoms with E-state index in [4.69, 9.17) is 0 Å². The predicted octanol–water partition coefficient (Wildman–Crippen LogP) is 5.73. The molecule has 0 heterocycles. The fraction of sp³-hybridized carbons (Fsp3) is 0.571. The van der Waals surface area contributed by atoms with Crippen LogP contribution in [0.15, 0.2) is 36.5 Å². The number of rotatable bonds is 6. The van der Waals surface area contributed by atoms with E-state index in [0.717, 1.165) is 18.9 Å². The van der Waals surface area contributed by atoms with Crippen LogP contribution in [0.3, 0.4) is 0 Å². The Hall–Kier alpha value is -0.920. The molecule has 0 amide bonds. The summed E-state index contributed by atoms with van der Waals surface area (Å²) in [6.07, 6.45) is 3.69. The Balaban J connectivity index is 0. The fourth-order valence-corrected chi connectivity index (χ4v) is 1.41. The van der Waals surface area contributed by atoms with Gasteiger partial charge in [0.25, 0.3) is 0 Å². The largest absolute Gasteiger partial charge is 0.208 e. The molecule has 16 heavy (non-hydrogen) atoms. The standard InChI is InChI=1S/C12H18F2.C2H6/c1-5-6-9(2)7-12(11(4)14)8-10(3)13;1-2/h8-9H,3-7H2,1-2H3;1-2H3/b12-8-;. The summed E-state index contributed by atoms with van der Waals surface area (Å²) < 4.78 is 25.3. The van der Waals surface area contributed by atoms with Gasteiger partial charge in [-0.1, -0.05) is 53.7 Å². The van der Waals surface area contributed by atoms with Crippen LogP contribution >= 0.6 is 0 Å². The molecule has 0 aliphatic heterocycles. The minimum Gasteiger partial charge on any atom is -0.208 e. The summed E-state index contributed by atoms with van der Waals surface area (Å²) >= 11 is 0. The highest BCUT2D eigenvalue weighted by molar-refractivity contribution is 5.28. The van der Waals surface area contributed by atoms with Gasteiger partial charge in [0.05, 0.1) is 0 Å². The van der Waals surface area contributed by atoms with Crippen LogP contribution < -0.4 is 0 Å². The minimum atomic E-state index is -0.623. The second kappa shape index (κ2) is 10.6. The molecule has 2 heteroatoms. The molecule has 0 nitrogen and oxygen atoms in total. The van der Waals surface area contributed by atoms with E-state index in [1.54, 1.807) is 0 Å². The van der Waals surface area contributed by atoms with Gasteiger partial charge in [-0.15, -0.1) is 0 Å². The van der Waals surface area contributed by atoms with E-state index in [1.165, 1.54) is 0 Å². The molecule has 1 atom stereocenters. The SMILES string of the molecule is C=C(F)/C=C(/CC(C)CCC)C(=C)F.CC. The van der Waals surface area contributed by atoms with Gasteiger partial charge in [-0.05, 0) is 24.0 Å². The van der Waals surface area contributed by atoms with Crippen LogP contribution in [0.5, 0.6) is 0 Å². The van der Waals surface area contributed by atoms with Crippen LogP contribution in [-0.2, 0) is 0 Å². The van der Waals surface area contributed by atoms with Gasteiger partial charge in [-0.25, -0.2) is 8.78 Å². The first-order valence-corrected chi connectivity index (χ1v) is 5.87. The average Bonchev–Trinajstić information content (AvgIpc) is 2.19. The first-order chi connectivity index (χ1) is 7.47. The summed E-state index contributed by atoms with van der Waals surface area (Å²) in [6, 6.07) is 0. The van der Waals surface area contributed by atoms with Crippen molar-refractivity contribution >= 4 is 0 Å². The van der Waals surface area contributed by atoms with E-state index in [0.29, 0.717) is 17.9 Å². The maximum atomic E-state index is 12.9. The molecular weight excluding hydrogens is 206 g/mol. The van der Waals surface area contributed by atoms with Crippen LogP contribution in [0.25, 0.3) is 0 Å². The van der Waals surface area contributed by atoms with Gasteiger partial charge >= 0.3 is 0 Å². The van der Waals surface area contributed by atoms with E-state index in [2.05, 4.69) is 20.1 Å². The van der Waals surface area contributed by atoms with Crippen LogP contribution in [-0.4, -0.2) is 0 Å². The summed E-state index contributed by atoms with van der Waals surface area (Å²) in [5.74, 6) is -0.840. The molecule has 0 saturated heterocycles. The number of hydrogen-bond donors (Lipinski definition) is 0. The molecule has 0 aliphatic rings. The van der Waals surface area contributed by atoms with Crippen LogP contribution in [0.2, 0.25) is 0 Å². The normalized spacial score (nSPS) is 12.5.